The minimum Gasteiger partial charge on any atom is -0.309 e. The van der Waals surface area contributed by atoms with Crippen LogP contribution in [-0.2, 0) is 16.4 Å². The molecular formula is C17H26N2O2S. The third-order valence-corrected chi connectivity index (χ3v) is 6.46. The van der Waals surface area contributed by atoms with Crippen molar-refractivity contribution in [3.8, 4) is 0 Å². The molecule has 0 unspecified atom stereocenters. The molecule has 22 heavy (non-hydrogen) atoms. The lowest BCUT2D eigenvalue weighted by Gasteiger charge is -2.38. The Bertz CT molecular complexity index is 588. The molecule has 4 nitrogen and oxygen atoms in total. The summed E-state index contributed by atoms with van der Waals surface area (Å²) < 4.78 is 23.2. The van der Waals surface area contributed by atoms with Crippen LogP contribution in [0.15, 0.2) is 30.3 Å². The van der Waals surface area contributed by atoms with Gasteiger partial charge in [0.2, 0.25) is 0 Å². The van der Waals surface area contributed by atoms with E-state index in [1.165, 1.54) is 5.56 Å². The van der Waals surface area contributed by atoms with Gasteiger partial charge in [-0.05, 0) is 24.3 Å². The van der Waals surface area contributed by atoms with Gasteiger partial charge >= 0.3 is 0 Å². The zero-order chi connectivity index (χ0) is 15.6. The molecule has 0 saturated carbocycles. The second-order valence-corrected chi connectivity index (χ2v) is 9.21. The first-order chi connectivity index (χ1) is 10.5. The van der Waals surface area contributed by atoms with Crippen molar-refractivity contribution in [3.63, 3.8) is 0 Å². The van der Waals surface area contributed by atoms with Crippen LogP contribution in [0.4, 0.5) is 0 Å². The molecule has 2 fully saturated rings. The van der Waals surface area contributed by atoms with E-state index in [1.807, 2.05) is 6.07 Å². The summed E-state index contributed by atoms with van der Waals surface area (Å²) in [6.07, 6.45) is 1.91. The van der Waals surface area contributed by atoms with Crippen LogP contribution in [0.3, 0.4) is 0 Å². The Morgan fingerprint density at radius 2 is 1.95 bits per heavy atom. The van der Waals surface area contributed by atoms with Crippen LogP contribution in [-0.4, -0.2) is 50.0 Å². The van der Waals surface area contributed by atoms with Gasteiger partial charge in [0.05, 0.1) is 11.5 Å². The predicted molar refractivity (Wildman–Crippen MR) is 89.5 cm³/mol. The molecular weight excluding hydrogens is 296 g/mol. The Labute approximate surface area is 133 Å². The summed E-state index contributed by atoms with van der Waals surface area (Å²) in [7, 11) is -2.80. The van der Waals surface area contributed by atoms with Gasteiger partial charge in [-0.25, -0.2) is 8.42 Å². The summed E-state index contributed by atoms with van der Waals surface area (Å²) in [6, 6.07) is 11.1. The van der Waals surface area contributed by atoms with E-state index in [0.717, 1.165) is 32.5 Å². The van der Waals surface area contributed by atoms with Crippen LogP contribution < -0.4 is 5.32 Å². The lowest BCUT2D eigenvalue weighted by Crippen LogP contribution is -2.51. The van der Waals surface area contributed by atoms with Crippen molar-refractivity contribution in [3.05, 3.63) is 35.9 Å². The lowest BCUT2D eigenvalue weighted by molar-refractivity contribution is 0.137. The smallest absolute Gasteiger partial charge is 0.151 e. The number of hydrogen-bond donors (Lipinski definition) is 1. The van der Waals surface area contributed by atoms with E-state index in [0.29, 0.717) is 23.5 Å². The molecule has 5 heteroatoms. The first kappa shape index (κ1) is 16.0. The fourth-order valence-corrected chi connectivity index (χ4v) is 5.50. The Kier molecular flexibility index (Phi) is 4.85. The van der Waals surface area contributed by atoms with Gasteiger partial charge < -0.3 is 5.32 Å². The third-order valence-electron chi connectivity index (χ3n) is 4.69. The van der Waals surface area contributed by atoms with Crippen LogP contribution in [0, 0.1) is 5.92 Å². The van der Waals surface area contributed by atoms with Gasteiger partial charge in [0, 0.05) is 31.7 Å². The predicted octanol–water partition coefficient (Wildman–Crippen LogP) is 1.67. The molecule has 2 saturated heterocycles. The van der Waals surface area contributed by atoms with Gasteiger partial charge in [-0.2, -0.15) is 0 Å². The maximum atomic E-state index is 11.6. The highest BCUT2D eigenvalue weighted by Crippen LogP contribution is 2.21. The van der Waals surface area contributed by atoms with Crippen molar-refractivity contribution in [1.82, 2.24) is 10.2 Å². The Morgan fingerprint density at radius 1 is 1.18 bits per heavy atom. The van der Waals surface area contributed by atoms with Crippen molar-refractivity contribution in [1.29, 1.82) is 0 Å². The number of nitrogens with one attached hydrogen (secondary N) is 1. The number of hydrogen-bond acceptors (Lipinski definition) is 4. The fraction of sp³-hybridized carbons (Fsp3) is 0.647. The van der Waals surface area contributed by atoms with Gasteiger partial charge in [0.1, 0.15) is 0 Å². The molecule has 1 N–H and O–H groups in total. The van der Waals surface area contributed by atoms with Crippen molar-refractivity contribution < 1.29 is 8.42 Å². The van der Waals surface area contributed by atoms with E-state index in [-0.39, 0.29) is 6.04 Å². The van der Waals surface area contributed by atoms with Gasteiger partial charge in [-0.1, -0.05) is 37.3 Å². The monoisotopic (exact) mass is 322 g/mol. The average molecular weight is 322 g/mol. The van der Waals surface area contributed by atoms with Crippen LogP contribution in [0.5, 0.6) is 0 Å². The number of nitrogens with zero attached hydrogens (tertiary/aromatic N) is 1. The van der Waals surface area contributed by atoms with Gasteiger partial charge in [0.15, 0.2) is 9.84 Å². The molecule has 0 amide bonds. The molecule has 1 aromatic carbocycles. The second kappa shape index (κ2) is 6.69. The highest BCUT2D eigenvalue weighted by molar-refractivity contribution is 7.91. The summed E-state index contributed by atoms with van der Waals surface area (Å²) in [4.78, 5) is 2.49. The quantitative estimate of drug-likeness (QED) is 0.916. The number of likely N-dealkylation sites (tertiary alicyclic amines) is 1. The SMILES string of the molecule is C[C@@H]1C[C@@H](N[C@@H]2CCS(=O)(=O)C2)CN(Cc2ccccc2)C1. The lowest BCUT2D eigenvalue weighted by atomic mass is 9.95. The highest BCUT2D eigenvalue weighted by atomic mass is 32.2. The Balaban J connectivity index is 1.57. The van der Waals surface area contributed by atoms with E-state index in [1.54, 1.807) is 0 Å². The standard InChI is InChI=1S/C17H26N2O2S/c1-14-9-17(18-16-7-8-22(20,21)13-16)12-19(10-14)11-15-5-3-2-4-6-15/h2-6,14,16-18H,7-13H2,1H3/t14-,16-,17-/m1/s1. The van der Waals surface area contributed by atoms with E-state index < -0.39 is 9.84 Å². The van der Waals surface area contributed by atoms with Gasteiger partial charge in [0.25, 0.3) is 0 Å². The summed E-state index contributed by atoms with van der Waals surface area (Å²) in [6.45, 7) is 5.40. The molecule has 0 bridgehead atoms. The maximum Gasteiger partial charge on any atom is 0.151 e. The molecule has 0 aromatic heterocycles. The summed E-state index contributed by atoms with van der Waals surface area (Å²) in [5.41, 5.74) is 1.35. The van der Waals surface area contributed by atoms with Crippen LogP contribution in [0.2, 0.25) is 0 Å². The first-order valence-electron chi connectivity index (χ1n) is 8.23. The second-order valence-electron chi connectivity index (χ2n) is 6.98. The number of piperidine rings is 1. The zero-order valence-corrected chi connectivity index (χ0v) is 14.1. The topological polar surface area (TPSA) is 49.4 Å². The molecule has 122 valence electrons. The maximum absolute atomic E-state index is 11.6. The van der Waals surface area contributed by atoms with Crippen molar-refractivity contribution in [2.45, 2.75) is 38.4 Å². The molecule has 0 spiro atoms. The summed E-state index contributed by atoms with van der Waals surface area (Å²) in [5, 5.41) is 3.60. The minimum absolute atomic E-state index is 0.152. The Morgan fingerprint density at radius 3 is 2.64 bits per heavy atom. The largest absolute Gasteiger partial charge is 0.309 e. The van der Waals surface area contributed by atoms with Crippen LogP contribution in [0.25, 0.3) is 0 Å². The normalized spacial score (nSPS) is 32.1. The molecule has 2 aliphatic heterocycles. The molecule has 3 rings (SSSR count). The molecule has 2 aliphatic rings. The first-order valence-corrected chi connectivity index (χ1v) is 10.0. The number of benzene rings is 1. The molecule has 0 aliphatic carbocycles. The molecule has 0 radical (unpaired) electrons. The summed E-state index contributed by atoms with van der Waals surface area (Å²) >= 11 is 0. The zero-order valence-electron chi connectivity index (χ0n) is 13.2. The van der Waals surface area contributed by atoms with E-state index in [9.17, 15) is 8.42 Å². The van der Waals surface area contributed by atoms with Crippen LogP contribution in [0.1, 0.15) is 25.3 Å². The van der Waals surface area contributed by atoms with Gasteiger partial charge in [-0.3, -0.25) is 4.90 Å². The number of rotatable bonds is 4. The molecule has 3 atom stereocenters. The van der Waals surface area contributed by atoms with E-state index in [4.69, 9.17) is 0 Å². The van der Waals surface area contributed by atoms with Crippen molar-refractivity contribution in [2.75, 3.05) is 24.6 Å². The third kappa shape index (κ3) is 4.31. The van der Waals surface area contributed by atoms with Gasteiger partial charge in [-0.15, -0.1) is 0 Å². The average Bonchev–Trinajstić information content (AvgIpc) is 2.78. The van der Waals surface area contributed by atoms with E-state index in [2.05, 4.69) is 41.4 Å². The van der Waals surface area contributed by atoms with Crippen molar-refractivity contribution in [2.24, 2.45) is 5.92 Å². The number of sulfone groups is 1. The molecule has 1 aromatic rings. The Hall–Kier alpha value is -0.910. The minimum atomic E-state index is -2.80. The fourth-order valence-electron chi connectivity index (χ4n) is 3.81. The summed E-state index contributed by atoms with van der Waals surface area (Å²) in [5.74, 6) is 1.31. The highest BCUT2D eigenvalue weighted by Gasteiger charge is 2.32. The molecule has 2 heterocycles. The van der Waals surface area contributed by atoms with Crippen LogP contribution >= 0.6 is 0 Å². The van der Waals surface area contributed by atoms with E-state index >= 15 is 0 Å². The van der Waals surface area contributed by atoms with Crippen molar-refractivity contribution >= 4 is 9.84 Å².